The molecule has 0 radical (unpaired) electrons. The third kappa shape index (κ3) is 8.28. The molecule has 52 heavy (non-hydrogen) atoms. The summed E-state index contributed by atoms with van der Waals surface area (Å²) in [5, 5.41) is 21.1. The number of hydrogen-bond donors (Lipinski definition) is 5. The number of nitrogens with zero attached hydrogens (tertiary/aromatic N) is 5. The average molecular weight is 765 g/mol. The van der Waals surface area contributed by atoms with Gasteiger partial charge in [0.05, 0.1) is 25.6 Å². The maximum Gasteiger partial charge on any atom is 0.392 e. The molecule has 0 amide bonds. The van der Waals surface area contributed by atoms with Crippen molar-refractivity contribution in [3.63, 3.8) is 0 Å². The van der Waals surface area contributed by atoms with Gasteiger partial charge in [0.25, 0.3) is 5.56 Å². The van der Waals surface area contributed by atoms with Crippen LogP contribution in [0.15, 0.2) is 64.8 Å². The summed E-state index contributed by atoms with van der Waals surface area (Å²) in [5.74, 6) is -1.14. The number of carbonyl (C=O) groups is 1. The van der Waals surface area contributed by atoms with Crippen LogP contribution >= 0.6 is 18.2 Å². The molecule has 0 saturated carbocycles. The molecule has 280 valence electrons. The van der Waals surface area contributed by atoms with Crippen molar-refractivity contribution in [1.29, 1.82) is 0 Å². The lowest BCUT2D eigenvalue weighted by molar-refractivity contribution is -0.142. The van der Waals surface area contributed by atoms with Gasteiger partial charge < -0.3 is 40.6 Å². The molecule has 20 nitrogen and oxygen atoms in total. The number of imidazole rings is 1. The first-order chi connectivity index (χ1) is 25.0. The number of carbonyl (C=O) groups excluding carboxylic acids is 1. The molecular weight excluding hydrogens is 727 g/mol. The van der Waals surface area contributed by atoms with Gasteiger partial charge in [0.15, 0.2) is 17.7 Å². The number of aliphatic hydroxyl groups excluding tert-OH is 2. The van der Waals surface area contributed by atoms with E-state index in [4.69, 9.17) is 39.5 Å². The molecule has 0 bridgehead atoms. The van der Waals surface area contributed by atoms with Gasteiger partial charge in [0.2, 0.25) is 0 Å². The van der Waals surface area contributed by atoms with Crippen LogP contribution in [0.25, 0.3) is 11.2 Å². The van der Waals surface area contributed by atoms with Crippen molar-refractivity contribution < 1.29 is 47.6 Å². The Morgan fingerprint density at radius 3 is 2.65 bits per heavy atom. The number of benzene rings is 1. The van der Waals surface area contributed by atoms with Gasteiger partial charge in [-0.05, 0) is 12.0 Å². The highest BCUT2D eigenvalue weighted by molar-refractivity contribution is 8.55. The maximum absolute atomic E-state index is 14.5. The second-order valence-electron chi connectivity index (χ2n) is 11.8. The van der Waals surface area contributed by atoms with E-state index < -0.39 is 92.2 Å². The van der Waals surface area contributed by atoms with E-state index in [1.165, 1.54) is 26.0 Å². The van der Waals surface area contributed by atoms with Crippen molar-refractivity contribution in [2.45, 2.75) is 61.9 Å². The van der Waals surface area contributed by atoms with Crippen molar-refractivity contribution in [3.05, 3.63) is 81.7 Å². The SMILES string of the molecule is COC1C(OP(=O)(OC[C@H]2O[C@@H](n3cnc4c(N)ncnc43)CC2O)SCOC(=O)C(N)Cc2ccccc2)[C@@H](CO)O[C@H]1n1ccc(=O)[nH]c1=O. The number of hydrogen-bond acceptors (Lipinski definition) is 18. The van der Waals surface area contributed by atoms with Crippen molar-refractivity contribution in [2.75, 3.05) is 32.0 Å². The molecule has 5 unspecified atom stereocenters. The number of nitrogens with two attached hydrogens (primary N) is 2. The van der Waals surface area contributed by atoms with Crippen molar-refractivity contribution >= 4 is 41.1 Å². The smallest absolute Gasteiger partial charge is 0.392 e. The monoisotopic (exact) mass is 764 g/mol. The van der Waals surface area contributed by atoms with E-state index in [-0.39, 0.29) is 18.7 Å². The third-order valence-electron chi connectivity index (χ3n) is 8.43. The topological polar surface area (TPSA) is 280 Å². The van der Waals surface area contributed by atoms with E-state index in [0.29, 0.717) is 22.5 Å². The molecule has 2 aliphatic rings. The standard InChI is InChI=1S/C30H37N8O12PS/c1-45-25-24(19(11-39)49-28(25)37-8-7-21(41)36-30(37)43)50-51(44,52-15-46-29(42)17(31)9-16-5-3-2-4-6-16)47-12-20-18(40)10-22(48-20)38-14-35-23-26(32)33-13-34-27(23)38/h2-8,13-14,17-20,22,24-25,28,39-40H,9-12,15,31H2,1H3,(H2,32,33,34)(H,36,41,43)/t17?,18?,19-,20-,22-,24?,25?,28-,51?/m1/s1. The van der Waals surface area contributed by atoms with Gasteiger partial charge in [0.1, 0.15) is 54.5 Å². The molecule has 3 aromatic heterocycles. The normalized spacial score (nSPS) is 26.3. The average Bonchev–Trinajstić information content (AvgIpc) is 3.82. The molecular formula is C30H37N8O12PS. The summed E-state index contributed by atoms with van der Waals surface area (Å²) in [6, 6.07) is 9.12. The summed E-state index contributed by atoms with van der Waals surface area (Å²) >= 11 is 0.497. The number of fused-ring (bicyclic) bond motifs is 1. The van der Waals surface area contributed by atoms with E-state index in [0.717, 1.165) is 16.2 Å². The number of ether oxygens (including phenoxy) is 4. The molecule has 9 atom stereocenters. The molecule has 1 aromatic carbocycles. The number of nitrogens with one attached hydrogen (secondary N) is 1. The van der Waals surface area contributed by atoms with Crippen LogP contribution in [-0.2, 0) is 43.8 Å². The van der Waals surface area contributed by atoms with E-state index in [2.05, 4.69) is 19.9 Å². The second-order valence-corrected chi connectivity index (χ2v) is 15.8. The van der Waals surface area contributed by atoms with Crippen LogP contribution in [0.2, 0.25) is 0 Å². The van der Waals surface area contributed by atoms with Crippen LogP contribution < -0.4 is 22.7 Å². The molecule has 0 aliphatic carbocycles. The van der Waals surface area contributed by atoms with Crippen molar-refractivity contribution in [3.8, 4) is 0 Å². The van der Waals surface area contributed by atoms with Gasteiger partial charge in [0, 0.05) is 37.2 Å². The largest absolute Gasteiger partial charge is 0.453 e. The van der Waals surface area contributed by atoms with E-state index in [1.807, 2.05) is 18.2 Å². The molecule has 2 aliphatic heterocycles. The minimum atomic E-state index is -4.43. The van der Waals surface area contributed by atoms with Crippen molar-refractivity contribution in [2.24, 2.45) is 5.73 Å². The van der Waals surface area contributed by atoms with Crippen molar-refractivity contribution in [1.82, 2.24) is 29.1 Å². The number of nitrogen functional groups attached to an aromatic ring is 1. The number of rotatable bonds is 15. The minimum absolute atomic E-state index is 0.0863. The fourth-order valence-electron chi connectivity index (χ4n) is 5.82. The Morgan fingerprint density at radius 1 is 1.13 bits per heavy atom. The molecule has 7 N–H and O–H groups in total. The fourth-order valence-corrected chi connectivity index (χ4v) is 8.63. The maximum atomic E-state index is 14.5. The molecule has 2 saturated heterocycles. The quantitative estimate of drug-likeness (QED) is 0.0596. The van der Waals surface area contributed by atoms with Gasteiger partial charge in [-0.1, -0.05) is 30.3 Å². The summed E-state index contributed by atoms with van der Waals surface area (Å²) in [6.45, 7) is -5.56. The molecule has 22 heteroatoms. The van der Waals surface area contributed by atoms with Gasteiger partial charge in [-0.15, -0.1) is 0 Å². The summed E-state index contributed by atoms with van der Waals surface area (Å²) in [7, 11) is 1.28. The zero-order chi connectivity index (χ0) is 37.0. The first-order valence-corrected chi connectivity index (χ1v) is 19.0. The van der Waals surface area contributed by atoms with Crippen LogP contribution in [0.4, 0.5) is 5.82 Å². The van der Waals surface area contributed by atoms with Gasteiger partial charge in [-0.2, -0.15) is 0 Å². The number of H-pyrrole nitrogens is 1. The number of esters is 1. The van der Waals surface area contributed by atoms with Gasteiger partial charge >= 0.3 is 18.5 Å². The van der Waals surface area contributed by atoms with Crippen LogP contribution in [0.5, 0.6) is 0 Å². The highest BCUT2D eigenvalue weighted by atomic mass is 32.7. The Balaban J connectivity index is 1.19. The summed E-state index contributed by atoms with van der Waals surface area (Å²) < 4.78 is 51.8. The zero-order valence-corrected chi connectivity index (χ0v) is 29.3. The molecule has 6 rings (SSSR count). The summed E-state index contributed by atoms with van der Waals surface area (Å²) in [5.41, 5.74) is 12.0. The Hall–Kier alpha value is -4.02. The highest BCUT2D eigenvalue weighted by Gasteiger charge is 2.51. The Morgan fingerprint density at radius 2 is 1.92 bits per heavy atom. The summed E-state index contributed by atoms with van der Waals surface area (Å²) in [6.07, 6.45) is -3.62. The number of aromatic nitrogens is 6. The van der Waals surface area contributed by atoms with E-state index in [9.17, 15) is 29.2 Å². The van der Waals surface area contributed by atoms with Crippen LogP contribution in [0.1, 0.15) is 24.4 Å². The van der Waals surface area contributed by atoms with Crippen LogP contribution in [0, 0.1) is 0 Å². The van der Waals surface area contributed by atoms with Crippen LogP contribution in [-0.4, -0.2) is 108 Å². The van der Waals surface area contributed by atoms with E-state index >= 15 is 0 Å². The van der Waals surface area contributed by atoms with Gasteiger partial charge in [-0.25, -0.2) is 24.3 Å². The highest BCUT2D eigenvalue weighted by Crippen LogP contribution is 2.63. The fraction of sp³-hybridized carbons (Fsp3) is 0.467. The Labute approximate surface area is 298 Å². The number of aromatic amines is 1. The second kappa shape index (κ2) is 16.3. The first-order valence-electron chi connectivity index (χ1n) is 15.9. The minimum Gasteiger partial charge on any atom is -0.453 e. The Kier molecular flexibility index (Phi) is 11.9. The number of anilines is 1. The molecule has 2 fully saturated rings. The molecule has 0 spiro atoms. The molecule has 4 aromatic rings. The van der Waals surface area contributed by atoms with Gasteiger partial charge in [-0.3, -0.25) is 32.8 Å². The van der Waals surface area contributed by atoms with Crippen LogP contribution in [0.3, 0.4) is 0 Å². The number of methoxy groups -OCH3 is 1. The number of aliphatic hydroxyl groups is 2. The zero-order valence-electron chi connectivity index (χ0n) is 27.6. The lowest BCUT2D eigenvalue weighted by Gasteiger charge is -2.28. The lowest BCUT2D eigenvalue weighted by atomic mass is 10.1. The lowest BCUT2D eigenvalue weighted by Crippen LogP contribution is -2.39. The predicted molar refractivity (Wildman–Crippen MR) is 182 cm³/mol. The summed E-state index contributed by atoms with van der Waals surface area (Å²) in [4.78, 5) is 51.5. The predicted octanol–water partition coefficient (Wildman–Crippen LogP) is -0.174. The van der Waals surface area contributed by atoms with E-state index in [1.54, 1.807) is 16.7 Å². The molecule has 5 heterocycles. The third-order valence-corrected chi connectivity index (χ3v) is 11.8. The Bertz CT molecular complexity index is 2020. The first kappa shape index (κ1) is 37.7.